The molecule has 110 valence electrons. The monoisotopic (exact) mass is 291 g/mol. The molecule has 0 aliphatic rings. The van der Waals surface area contributed by atoms with Crippen LogP contribution in [0.3, 0.4) is 0 Å². The van der Waals surface area contributed by atoms with Crippen molar-refractivity contribution in [1.29, 1.82) is 0 Å². The highest BCUT2D eigenvalue weighted by atomic mass is 35.5. The number of aromatic nitrogens is 3. The third-order valence-corrected chi connectivity index (χ3v) is 2.71. The predicted octanol–water partition coefficient (Wildman–Crippen LogP) is 0.0861. The molecule has 1 heterocycles. The summed E-state index contributed by atoms with van der Waals surface area (Å²) in [6.45, 7) is 4.24. The summed E-state index contributed by atoms with van der Waals surface area (Å²) in [5.41, 5.74) is 4.77. The van der Waals surface area contributed by atoms with Gasteiger partial charge in [-0.1, -0.05) is 13.3 Å². The number of hydrogen-bond acceptors (Lipinski definition) is 4. The van der Waals surface area contributed by atoms with Gasteiger partial charge < -0.3 is 11.1 Å². The van der Waals surface area contributed by atoms with Gasteiger partial charge >= 0.3 is 5.69 Å². The maximum Gasteiger partial charge on any atom is 0.340 e. The van der Waals surface area contributed by atoms with Crippen molar-refractivity contribution in [2.24, 2.45) is 5.73 Å². The summed E-state index contributed by atoms with van der Waals surface area (Å²) in [6, 6.07) is 0. The van der Waals surface area contributed by atoms with Crippen LogP contribution in [0.25, 0.3) is 0 Å². The lowest BCUT2D eigenvalue weighted by Gasteiger charge is -2.22. The van der Waals surface area contributed by atoms with Gasteiger partial charge in [0.1, 0.15) is 5.82 Å². The van der Waals surface area contributed by atoms with Crippen molar-refractivity contribution in [3.8, 4) is 0 Å². The van der Waals surface area contributed by atoms with Crippen molar-refractivity contribution < 1.29 is 4.79 Å². The van der Waals surface area contributed by atoms with E-state index in [0.29, 0.717) is 31.6 Å². The van der Waals surface area contributed by atoms with Crippen molar-refractivity contribution in [1.82, 2.24) is 20.5 Å². The van der Waals surface area contributed by atoms with Crippen LogP contribution in [0, 0.1) is 0 Å². The fraction of sp³-hybridized carbons (Fsp3) is 0.727. The Hall–Kier alpha value is -1.34. The molecule has 0 aliphatic heterocycles. The molecule has 7 nitrogen and oxygen atoms in total. The van der Waals surface area contributed by atoms with Gasteiger partial charge in [-0.25, -0.2) is 9.89 Å². The molecule has 0 saturated heterocycles. The standard InChI is InChI=1S/C11H21N5O2.ClH/c1-3-6-11(2,12)9(17)13-7-4-5-8-14-10(18)16-15-8;/h3-7,12H2,1-2H3,(H,13,17)(H2,14,15,16,18);1H. The summed E-state index contributed by atoms with van der Waals surface area (Å²) in [5.74, 6) is 0.457. The van der Waals surface area contributed by atoms with Gasteiger partial charge in [-0.2, -0.15) is 5.10 Å². The Morgan fingerprint density at radius 3 is 2.74 bits per heavy atom. The fourth-order valence-corrected chi connectivity index (χ4v) is 1.72. The van der Waals surface area contributed by atoms with E-state index in [0.717, 1.165) is 6.42 Å². The number of carbonyl (C=O) groups excluding carboxylic acids is 1. The quantitative estimate of drug-likeness (QED) is 0.532. The summed E-state index contributed by atoms with van der Waals surface area (Å²) >= 11 is 0. The molecule has 1 rings (SSSR count). The Morgan fingerprint density at radius 2 is 2.21 bits per heavy atom. The molecule has 0 aromatic carbocycles. The van der Waals surface area contributed by atoms with Crippen molar-refractivity contribution in [2.75, 3.05) is 6.54 Å². The van der Waals surface area contributed by atoms with Crippen LogP contribution >= 0.6 is 12.4 Å². The number of aromatic amines is 2. The second-order valence-corrected chi connectivity index (χ2v) is 4.65. The number of rotatable bonds is 7. The lowest BCUT2D eigenvalue weighted by Crippen LogP contribution is -2.51. The van der Waals surface area contributed by atoms with Crippen LogP contribution in [0.2, 0.25) is 0 Å². The smallest absolute Gasteiger partial charge is 0.340 e. The maximum atomic E-state index is 11.8. The Kier molecular flexibility index (Phi) is 7.40. The van der Waals surface area contributed by atoms with Crippen LogP contribution in [-0.2, 0) is 11.2 Å². The first-order chi connectivity index (χ1) is 8.45. The molecular formula is C11H22ClN5O2. The molecule has 0 radical (unpaired) electrons. The van der Waals surface area contributed by atoms with Gasteiger partial charge in [0.05, 0.1) is 5.54 Å². The van der Waals surface area contributed by atoms with E-state index in [1.165, 1.54) is 0 Å². The van der Waals surface area contributed by atoms with Crippen LogP contribution in [0.5, 0.6) is 0 Å². The molecule has 5 N–H and O–H groups in total. The maximum absolute atomic E-state index is 11.8. The van der Waals surface area contributed by atoms with E-state index in [4.69, 9.17) is 5.73 Å². The Morgan fingerprint density at radius 1 is 1.53 bits per heavy atom. The van der Waals surface area contributed by atoms with E-state index >= 15 is 0 Å². The fourth-order valence-electron chi connectivity index (χ4n) is 1.72. The van der Waals surface area contributed by atoms with Crippen LogP contribution < -0.4 is 16.7 Å². The van der Waals surface area contributed by atoms with Crippen LogP contribution in [0.1, 0.15) is 38.9 Å². The van der Waals surface area contributed by atoms with Gasteiger partial charge in [0, 0.05) is 13.0 Å². The highest BCUT2D eigenvalue weighted by molar-refractivity contribution is 5.85. The number of nitrogens with two attached hydrogens (primary N) is 1. The predicted molar refractivity (Wildman–Crippen MR) is 75.3 cm³/mol. The van der Waals surface area contributed by atoms with Gasteiger partial charge in [0.2, 0.25) is 5.91 Å². The minimum absolute atomic E-state index is 0. The Labute approximate surface area is 118 Å². The van der Waals surface area contributed by atoms with Crippen molar-refractivity contribution in [3.05, 3.63) is 16.3 Å². The van der Waals surface area contributed by atoms with Crippen LogP contribution in [0.15, 0.2) is 4.79 Å². The highest BCUT2D eigenvalue weighted by Crippen LogP contribution is 2.08. The summed E-state index contributed by atoms with van der Waals surface area (Å²) in [6.07, 6.45) is 2.84. The Balaban J connectivity index is 0.00000324. The first-order valence-corrected chi connectivity index (χ1v) is 6.16. The minimum Gasteiger partial charge on any atom is -0.355 e. The molecule has 1 atom stereocenters. The number of hydrogen-bond donors (Lipinski definition) is 4. The van der Waals surface area contributed by atoms with Crippen LogP contribution in [-0.4, -0.2) is 33.2 Å². The summed E-state index contributed by atoms with van der Waals surface area (Å²) < 4.78 is 0. The minimum atomic E-state index is -0.810. The molecule has 1 aromatic heterocycles. The SMILES string of the molecule is CCCC(C)(N)C(=O)NCCCc1n[nH]c(=O)[nH]1.Cl. The van der Waals surface area contributed by atoms with E-state index in [1.807, 2.05) is 6.92 Å². The molecule has 0 bridgehead atoms. The molecule has 0 saturated carbocycles. The number of carbonyl (C=O) groups is 1. The first kappa shape index (κ1) is 17.7. The molecule has 8 heteroatoms. The molecule has 1 aromatic rings. The molecule has 0 spiro atoms. The molecule has 0 aliphatic carbocycles. The largest absolute Gasteiger partial charge is 0.355 e. The second kappa shape index (κ2) is 7.96. The van der Waals surface area contributed by atoms with Gasteiger partial charge in [0.25, 0.3) is 0 Å². The van der Waals surface area contributed by atoms with Crippen molar-refractivity contribution >= 4 is 18.3 Å². The normalized spacial score (nSPS) is 13.4. The van der Waals surface area contributed by atoms with Crippen molar-refractivity contribution in [3.63, 3.8) is 0 Å². The lowest BCUT2D eigenvalue weighted by molar-refractivity contribution is -0.126. The average Bonchev–Trinajstić information content (AvgIpc) is 2.70. The third-order valence-electron chi connectivity index (χ3n) is 2.71. The third kappa shape index (κ3) is 5.89. The van der Waals surface area contributed by atoms with E-state index in [1.54, 1.807) is 6.92 Å². The zero-order chi connectivity index (χ0) is 13.6. The van der Waals surface area contributed by atoms with E-state index in [2.05, 4.69) is 20.5 Å². The number of nitrogens with zero attached hydrogens (tertiary/aromatic N) is 1. The summed E-state index contributed by atoms with van der Waals surface area (Å²) in [4.78, 5) is 25.1. The molecule has 0 fully saturated rings. The van der Waals surface area contributed by atoms with E-state index < -0.39 is 5.54 Å². The first-order valence-electron chi connectivity index (χ1n) is 6.16. The van der Waals surface area contributed by atoms with Gasteiger partial charge in [0.15, 0.2) is 0 Å². The van der Waals surface area contributed by atoms with Crippen molar-refractivity contribution in [2.45, 2.75) is 45.1 Å². The topological polar surface area (TPSA) is 117 Å². The average molecular weight is 292 g/mol. The zero-order valence-electron chi connectivity index (χ0n) is 11.3. The van der Waals surface area contributed by atoms with Gasteiger partial charge in [-0.15, -0.1) is 12.4 Å². The number of aryl methyl sites for hydroxylation is 1. The molecule has 19 heavy (non-hydrogen) atoms. The number of nitrogens with one attached hydrogen (secondary N) is 3. The van der Waals surface area contributed by atoms with E-state index in [-0.39, 0.29) is 24.0 Å². The number of halogens is 1. The van der Waals surface area contributed by atoms with Gasteiger partial charge in [-0.05, 0) is 19.8 Å². The highest BCUT2D eigenvalue weighted by Gasteiger charge is 2.26. The Bertz CT molecular complexity index is 440. The van der Waals surface area contributed by atoms with Crippen LogP contribution in [0.4, 0.5) is 0 Å². The number of H-pyrrole nitrogens is 2. The molecule has 1 unspecified atom stereocenters. The summed E-state index contributed by atoms with van der Waals surface area (Å²) in [7, 11) is 0. The molecular weight excluding hydrogens is 270 g/mol. The van der Waals surface area contributed by atoms with E-state index in [9.17, 15) is 9.59 Å². The molecule has 1 amide bonds. The zero-order valence-corrected chi connectivity index (χ0v) is 12.1. The summed E-state index contributed by atoms with van der Waals surface area (Å²) in [5, 5.41) is 8.86. The second-order valence-electron chi connectivity index (χ2n) is 4.65. The van der Waals surface area contributed by atoms with Gasteiger partial charge in [-0.3, -0.25) is 9.78 Å². The lowest BCUT2D eigenvalue weighted by atomic mass is 9.96. The number of amides is 1.